The zero-order chi connectivity index (χ0) is 39.2. The number of benzene rings is 1. The molecule has 1 aromatic carbocycles. The minimum atomic E-state index is -1.21. The first-order valence-electron chi connectivity index (χ1n) is 18.8. The second kappa shape index (κ2) is 17.1. The minimum Gasteiger partial charge on any atom is -0.446 e. The molecule has 0 radical (unpaired) electrons. The number of alkyl carbamates (subject to hydrolysis) is 1. The first kappa shape index (κ1) is 41.3. The number of carbonyl (C=O) groups is 7. The summed E-state index contributed by atoms with van der Waals surface area (Å²) in [5.41, 5.74) is -0.390. The first-order chi connectivity index (χ1) is 24.9. The lowest BCUT2D eigenvalue weighted by Gasteiger charge is -2.38. The van der Waals surface area contributed by atoms with Crippen LogP contribution in [0.1, 0.15) is 98.1 Å². The van der Waals surface area contributed by atoms with E-state index in [9.17, 15) is 33.6 Å². The van der Waals surface area contributed by atoms with Crippen LogP contribution >= 0.6 is 0 Å². The number of fused-ring (bicyclic) bond motifs is 1. The molecule has 1 aliphatic heterocycles. The third-order valence-corrected chi connectivity index (χ3v) is 10.9. The van der Waals surface area contributed by atoms with E-state index in [0.717, 1.165) is 32.1 Å². The zero-order valence-electron chi connectivity index (χ0n) is 32.5. The van der Waals surface area contributed by atoms with Gasteiger partial charge in [-0.3, -0.25) is 28.8 Å². The van der Waals surface area contributed by atoms with Crippen LogP contribution in [0.3, 0.4) is 0 Å². The van der Waals surface area contributed by atoms with Crippen molar-refractivity contribution in [2.75, 3.05) is 27.2 Å². The van der Waals surface area contributed by atoms with Crippen LogP contribution in [0.25, 0.3) is 0 Å². The van der Waals surface area contributed by atoms with Crippen LogP contribution in [-0.4, -0.2) is 103 Å². The van der Waals surface area contributed by atoms with Crippen molar-refractivity contribution in [1.82, 2.24) is 31.1 Å². The van der Waals surface area contributed by atoms with Gasteiger partial charge in [0.1, 0.15) is 24.2 Å². The predicted molar refractivity (Wildman–Crippen MR) is 197 cm³/mol. The third-order valence-electron chi connectivity index (χ3n) is 10.9. The lowest BCUT2D eigenvalue weighted by molar-refractivity contribution is -0.145. The van der Waals surface area contributed by atoms with Crippen LogP contribution in [0.2, 0.25) is 0 Å². The summed E-state index contributed by atoms with van der Waals surface area (Å²) in [7, 11) is 3.12. The predicted octanol–water partition coefficient (Wildman–Crippen LogP) is 2.86. The van der Waals surface area contributed by atoms with Crippen molar-refractivity contribution in [2.45, 2.75) is 117 Å². The number of hydrogen-bond donors (Lipinski definition) is 4. The molecule has 0 bridgehead atoms. The summed E-state index contributed by atoms with van der Waals surface area (Å²) in [6.45, 7) is 11.1. The van der Waals surface area contributed by atoms with E-state index in [4.69, 9.17) is 4.74 Å². The Morgan fingerprint density at radius 1 is 0.943 bits per heavy atom. The van der Waals surface area contributed by atoms with Gasteiger partial charge in [-0.2, -0.15) is 0 Å². The first-order valence-corrected chi connectivity index (χ1v) is 18.8. The third kappa shape index (κ3) is 9.94. The fourth-order valence-electron chi connectivity index (χ4n) is 7.74. The SMILES string of the molecule is CCCC(NC(=O)C1C2C(CN1C(=O)C(NC(=O)OC1CCCCC1)C(C)(C)C)C2(C)C)C(=O)C(=O)NCC(=O)NC(C(=O)N(C)C)c1ccccc1. The summed E-state index contributed by atoms with van der Waals surface area (Å²) in [6, 6.07) is 4.54. The number of amides is 6. The van der Waals surface area contributed by atoms with Crippen LogP contribution in [0.4, 0.5) is 4.79 Å². The van der Waals surface area contributed by atoms with Gasteiger partial charge in [0.25, 0.3) is 5.91 Å². The number of likely N-dealkylation sites (N-methyl/N-ethyl adjacent to an activating group) is 1. The highest BCUT2D eigenvalue weighted by Gasteiger charge is 2.70. The zero-order valence-corrected chi connectivity index (χ0v) is 32.5. The molecule has 292 valence electrons. The van der Waals surface area contributed by atoms with Crippen LogP contribution in [0.15, 0.2) is 30.3 Å². The smallest absolute Gasteiger partial charge is 0.408 e. The Balaban J connectivity index is 1.43. The summed E-state index contributed by atoms with van der Waals surface area (Å²) in [4.78, 5) is 96.4. The molecule has 0 spiro atoms. The number of nitrogens with one attached hydrogen (secondary N) is 4. The number of likely N-dealkylation sites (tertiary alicyclic amines) is 1. The van der Waals surface area contributed by atoms with Gasteiger partial charge in [-0.15, -0.1) is 0 Å². The normalized spacial score (nSPS) is 22.3. The van der Waals surface area contributed by atoms with Gasteiger partial charge in [0.15, 0.2) is 0 Å². The average molecular weight is 739 g/mol. The van der Waals surface area contributed by atoms with Gasteiger partial charge < -0.3 is 35.8 Å². The second-order valence-corrected chi connectivity index (χ2v) is 16.5. The number of rotatable bonds is 14. The molecule has 14 nitrogen and oxygen atoms in total. The lowest BCUT2D eigenvalue weighted by Crippen LogP contribution is -2.60. The molecular formula is C39H58N6O8. The topological polar surface area (TPSA) is 183 Å². The Labute approximate surface area is 312 Å². The van der Waals surface area contributed by atoms with Gasteiger partial charge in [0.2, 0.25) is 29.4 Å². The van der Waals surface area contributed by atoms with Gasteiger partial charge in [-0.05, 0) is 60.3 Å². The van der Waals surface area contributed by atoms with Crippen LogP contribution in [-0.2, 0) is 33.5 Å². The Bertz CT molecular complexity index is 1530. The number of Topliss-reactive ketones (excluding diaryl/α,β-unsaturated/α-hetero) is 1. The molecular weight excluding hydrogens is 680 g/mol. The molecule has 53 heavy (non-hydrogen) atoms. The molecule has 14 heteroatoms. The number of ketones is 1. The van der Waals surface area contributed by atoms with E-state index < -0.39 is 71.6 Å². The molecule has 6 unspecified atom stereocenters. The van der Waals surface area contributed by atoms with Crippen molar-refractivity contribution in [2.24, 2.45) is 22.7 Å². The fourth-order valence-corrected chi connectivity index (χ4v) is 7.74. The molecule has 2 aliphatic carbocycles. The van der Waals surface area contributed by atoms with Crippen molar-refractivity contribution in [3.05, 3.63) is 35.9 Å². The second-order valence-electron chi connectivity index (χ2n) is 16.5. The van der Waals surface area contributed by atoms with Gasteiger partial charge in [0.05, 0.1) is 12.6 Å². The van der Waals surface area contributed by atoms with Crippen molar-refractivity contribution in [3.8, 4) is 0 Å². The van der Waals surface area contributed by atoms with E-state index in [0.29, 0.717) is 18.5 Å². The van der Waals surface area contributed by atoms with Gasteiger partial charge >= 0.3 is 6.09 Å². The highest BCUT2D eigenvalue weighted by Crippen LogP contribution is 2.65. The van der Waals surface area contributed by atoms with Crippen molar-refractivity contribution in [3.63, 3.8) is 0 Å². The monoisotopic (exact) mass is 738 g/mol. The molecule has 1 saturated heterocycles. The minimum absolute atomic E-state index is 0.0400. The molecule has 6 atom stereocenters. The van der Waals surface area contributed by atoms with Crippen LogP contribution in [0, 0.1) is 22.7 Å². The number of nitrogens with zero attached hydrogens (tertiary/aromatic N) is 2. The molecule has 1 aromatic rings. The molecule has 1 heterocycles. The number of ether oxygens (including phenoxy) is 1. The largest absolute Gasteiger partial charge is 0.446 e. The Hall–Kier alpha value is -4.49. The fraction of sp³-hybridized carbons (Fsp3) is 0.667. The highest BCUT2D eigenvalue weighted by atomic mass is 16.6. The lowest BCUT2D eigenvalue weighted by atomic mass is 9.85. The van der Waals surface area contributed by atoms with E-state index in [-0.39, 0.29) is 35.7 Å². The van der Waals surface area contributed by atoms with E-state index in [1.54, 1.807) is 51.4 Å². The average Bonchev–Trinajstić information content (AvgIpc) is 3.41. The summed E-state index contributed by atoms with van der Waals surface area (Å²) in [5, 5.41) is 10.5. The summed E-state index contributed by atoms with van der Waals surface area (Å²) in [6.07, 6.45) is 4.37. The van der Waals surface area contributed by atoms with Crippen molar-refractivity contribution >= 4 is 41.4 Å². The summed E-state index contributed by atoms with van der Waals surface area (Å²) >= 11 is 0. The van der Waals surface area contributed by atoms with Gasteiger partial charge in [-0.1, -0.05) is 84.7 Å². The Morgan fingerprint density at radius 2 is 1.58 bits per heavy atom. The van der Waals surface area contributed by atoms with Crippen LogP contribution < -0.4 is 21.3 Å². The number of hydrogen-bond acceptors (Lipinski definition) is 8. The number of carbonyl (C=O) groups excluding carboxylic acids is 7. The Morgan fingerprint density at radius 3 is 2.17 bits per heavy atom. The maximum atomic E-state index is 14.2. The van der Waals surface area contributed by atoms with E-state index in [2.05, 4.69) is 21.3 Å². The molecule has 6 amide bonds. The number of piperidine rings is 1. The molecule has 0 aromatic heterocycles. The molecule has 3 aliphatic rings. The maximum Gasteiger partial charge on any atom is 0.408 e. The molecule has 4 N–H and O–H groups in total. The summed E-state index contributed by atoms with van der Waals surface area (Å²) < 4.78 is 5.67. The Kier molecular flexibility index (Phi) is 13.3. The van der Waals surface area contributed by atoms with Crippen LogP contribution in [0.5, 0.6) is 0 Å². The van der Waals surface area contributed by atoms with Gasteiger partial charge in [0, 0.05) is 20.6 Å². The van der Waals surface area contributed by atoms with Gasteiger partial charge in [-0.25, -0.2) is 4.79 Å². The molecule has 2 saturated carbocycles. The maximum absolute atomic E-state index is 14.2. The molecule has 3 fully saturated rings. The highest BCUT2D eigenvalue weighted by molar-refractivity contribution is 6.38. The molecule has 4 rings (SSSR count). The quantitative estimate of drug-likeness (QED) is 0.210. The standard InChI is InChI=1S/C39H58N6O8/c1-9-16-26(31(47)34(49)40-21-27(46)42-29(35(50)44(7)8)23-17-12-10-13-18-23)41-33(48)30-28-25(39(28,5)6)22-45(30)36(51)32(38(2,3)4)43-37(52)53-24-19-14-11-15-20-24/h10,12-13,17-18,24-26,28-30,32H,9,11,14-16,19-22H2,1-8H3,(H,40,49)(H,41,48)(H,42,46)(H,43,52). The van der Waals surface area contributed by atoms with E-state index in [1.807, 2.05) is 34.6 Å². The van der Waals surface area contributed by atoms with E-state index >= 15 is 0 Å². The summed E-state index contributed by atoms with van der Waals surface area (Å²) in [5.74, 6) is -4.16. The van der Waals surface area contributed by atoms with Crippen molar-refractivity contribution in [1.29, 1.82) is 0 Å². The van der Waals surface area contributed by atoms with E-state index in [1.165, 1.54) is 9.80 Å². The van der Waals surface area contributed by atoms with Crippen molar-refractivity contribution < 1.29 is 38.3 Å².